The van der Waals surface area contributed by atoms with E-state index in [9.17, 15) is 9.59 Å². The van der Waals surface area contributed by atoms with Crippen LogP contribution in [-0.2, 0) is 4.79 Å². The van der Waals surface area contributed by atoms with Crippen molar-refractivity contribution in [2.75, 3.05) is 0 Å². The van der Waals surface area contributed by atoms with Gasteiger partial charge >= 0.3 is 0 Å². The van der Waals surface area contributed by atoms with E-state index in [1.165, 1.54) is 25.4 Å². The van der Waals surface area contributed by atoms with E-state index < -0.39 is 0 Å². The molecule has 2 rings (SSSR count). The number of nitrogens with one attached hydrogen (secondary N) is 1. The van der Waals surface area contributed by atoms with E-state index in [1.54, 1.807) is 12.1 Å². The Kier molecular flexibility index (Phi) is 4.10. The van der Waals surface area contributed by atoms with E-state index in [-0.39, 0.29) is 22.8 Å². The third kappa shape index (κ3) is 3.41. The quantitative estimate of drug-likeness (QED) is 0.866. The van der Waals surface area contributed by atoms with Crippen molar-refractivity contribution in [2.24, 2.45) is 0 Å². The first kappa shape index (κ1) is 13.7. The molecule has 0 fully saturated rings. The van der Waals surface area contributed by atoms with Gasteiger partial charge in [-0.25, -0.2) is 4.98 Å². The molecule has 0 saturated carbocycles. The van der Waals surface area contributed by atoms with Gasteiger partial charge < -0.3 is 9.72 Å². The lowest BCUT2D eigenvalue weighted by atomic mass is 10.2. The molecule has 0 spiro atoms. The molecule has 0 radical (unpaired) electrons. The molecule has 0 aliphatic rings. The Hall–Kier alpha value is -2.69. The Labute approximate surface area is 115 Å². The number of H-pyrrole nitrogens is 1. The lowest BCUT2D eigenvalue weighted by Crippen LogP contribution is -2.11. The van der Waals surface area contributed by atoms with Gasteiger partial charge in [-0.2, -0.15) is 0 Å². The first-order chi connectivity index (χ1) is 9.56. The molecule has 0 aliphatic carbocycles. The van der Waals surface area contributed by atoms with Gasteiger partial charge in [0.05, 0.1) is 6.33 Å². The number of carbonyl (C=O) groups is 1. The van der Waals surface area contributed by atoms with Crippen LogP contribution in [0.4, 0.5) is 0 Å². The fraction of sp³-hybridized carbons (Fsp3) is 0.133. The molecule has 1 aromatic carbocycles. The summed E-state index contributed by atoms with van der Waals surface area (Å²) in [5.41, 5.74) is 0.954. The molecule has 1 heterocycles. The van der Waals surface area contributed by atoms with E-state index >= 15 is 0 Å². The van der Waals surface area contributed by atoms with Crippen LogP contribution in [0.3, 0.4) is 0 Å². The number of rotatable bonds is 4. The second kappa shape index (κ2) is 5.97. The van der Waals surface area contributed by atoms with Crippen molar-refractivity contribution in [3.63, 3.8) is 0 Å². The number of hydrogen-bond donors (Lipinski definition) is 1. The van der Waals surface area contributed by atoms with Crippen LogP contribution < -0.4 is 10.3 Å². The number of ketones is 1. The summed E-state index contributed by atoms with van der Waals surface area (Å²) in [6, 6.07) is 7.37. The van der Waals surface area contributed by atoms with Crippen LogP contribution in [-0.4, -0.2) is 15.8 Å². The van der Waals surface area contributed by atoms with Crippen molar-refractivity contribution in [1.82, 2.24) is 9.97 Å². The Morgan fingerprint density at radius 2 is 2.00 bits per heavy atom. The normalized spacial score (nSPS) is 10.7. The number of aromatic amines is 1. The van der Waals surface area contributed by atoms with Gasteiger partial charge in [-0.1, -0.05) is 17.7 Å². The maximum atomic E-state index is 11.8. The van der Waals surface area contributed by atoms with E-state index in [2.05, 4.69) is 9.97 Å². The molecule has 1 N–H and O–H groups in total. The molecule has 0 bridgehead atoms. The van der Waals surface area contributed by atoms with Gasteiger partial charge in [-0.3, -0.25) is 9.59 Å². The van der Waals surface area contributed by atoms with Crippen LogP contribution in [0.15, 0.2) is 41.5 Å². The Balaban J connectivity index is 2.36. The van der Waals surface area contributed by atoms with Gasteiger partial charge in [0.15, 0.2) is 5.78 Å². The predicted molar refractivity (Wildman–Crippen MR) is 75.8 cm³/mol. The van der Waals surface area contributed by atoms with E-state index in [0.29, 0.717) is 5.75 Å². The summed E-state index contributed by atoms with van der Waals surface area (Å²) < 4.78 is 5.58. The van der Waals surface area contributed by atoms with Gasteiger partial charge in [-0.05, 0) is 38.1 Å². The summed E-state index contributed by atoms with van der Waals surface area (Å²) in [6.45, 7) is 3.37. The summed E-state index contributed by atoms with van der Waals surface area (Å²) in [7, 11) is 0. The van der Waals surface area contributed by atoms with Crippen molar-refractivity contribution in [3.05, 3.63) is 58.1 Å². The van der Waals surface area contributed by atoms with Crippen molar-refractivity contribution >= 4 is 11.9 Å². The molecule has 5 heteroatoms. The van der Waals surface area contributed by atoms with Crippen LogP contribution in [0.1, 0.15) is 18.1 Å². The minimum absolute atomic E-state index is 0.158. The molecule has 20 heavy (non-hydrogen) atoms. The standard InChI is InChI=1S/C15H14N2O3/c1-10-3-6-12(7-4-10)20-15-13(8-5-11(2)18)14(19)16-9-17-15/h3-9H,1-2H3,(H,16,17,19)/b8-5+. The third-order valence-electron chi connectivity index (χ3n) is 2.57. The second-order valence-electron chi connectivity index (χ2n) is 4.31. The lowest BCUT2D eigenvalue weighted by Gasteiger charge is -2.06. The van der Waals surface area contributed by atoms with Crippen LogP contribution >= 0.6 is 0 Å². The van der Waals surface area contributed by atoms with Crippen LogP contribution in [0, 0.1) is 6.92 Å². The smallest absolute Gasteiger partial charge is 0.261 e. The number of ether oxygens (including phenoxy) is 1. The Morgan fingerprint density at radius 1 is 1.30 bits per heavy atom. The number of allylic oxidation sites excluding steroid dienone is 1. The minimum atomic E-state index is -0.361. The summed E-state index contributed by atoms with van der Waals surface area (Å²) in [5, 5.41) is 0. The van der Waals surface area contributed by atoms with Crippen LogP contribution in [0.5, 0.6) is 11.6 Å². The van der Waals surface area contributed by atoms with Crippen molar-refractivity contribution < 1.29 is 9.53 Å². The summed E-state index contributed by atoms with van der Waals surface area (Å²) in [4.78, 5) is 29.2. The number of nitrogens with zero attached hydrogens (tertiary/aromatic N) is 1. The zero-order valence-corrected chi connectivity index (χ0v) is 11.2. The number of benzene rings is 1. The fourth-order valence-electron chi connectivity index (χ4n) is 1.54. The largest absolute Gasteiger partial charge is 0.438 e. The molecular weight excluding hydrogens is 256 g/mol. The number of carbonyl (C=O) groups excluding carboxylic acids is 1. The maximum absolute atomic E-state index is 11.8. The van der Waals surface area contributed by atoms with Gasteiger partial charge in [0.25, 0.3) is 5.56 Å². The Bertz CT molecular complexity index is 700. The number of aryl methyl sites for hydroxylation is 1. The molecular formula is C15H14N2O3. The van der Waals surface area contributed by atoms with Crippen LogP contribution in [0.2, 0.25) is 0 Å². The zero-order chi connectivity index (χ0) is 14.5. The first-order valence-electron chi connectivity index (χ1n) is 6.07. The third-order valence-corrected chi connectivity index (χ3v) is 2.57. The monoisotopic (exact) mass is 270 g/mol. The first-order valence-corrected chi connectivity index (χ1v) is 6.07. The highest BCUT2D eigenvalue weighted by Crippen LogP contribution is 2.21. The minimum Gasteiger partial charge on any atom is -0.438 e. The SMILES string of the molecule is CC(=O)/C=C/c1c(Oc2ccc(C)cc2)nc[nH]c1=O. The molecule has 5 nitrogen and oxygen atoms in total. The van der Waals surface area contributed by atoms with Crippen molar-refractivity contribution in [1.29, 1.82) is 0 Å². The highest BCUT2D eigenvalue weighted by atomic mass is 16.5. The fourth-order valence-corrected chi connectivity index (χ4v) is 1.54. The average Bonchev–Trinajstić information content (AvgIpc) is 2.40. The molecule has 2 aromatic rings. The van der Waals surface area contributed by atoms with Crippen LogP contribution in [0.25, 0.3) is 6.08 Å². The summed E-state index contributed by atoms with van der Waals surface area (Å²) in [5.74, 6) is 0.579. The topological polar surface area (TPSA) is 72.0 Å². The van der Waals surface area contributed by atoms with Gasteiger partial charge in [0.1, 0.15) is 11.3 Å². The van der Waals surface area contributed by atoms with Crippen molar-refractivity contribution in [3.8, 4) is 11.6 Å². The van der Waals surface area contributed by atoms with Gasteiger partial charge in [0, 0.05) is 0 Å². The maximum Gasteiger partial charge on any atom is 0.261 e. The summed E-state index contributed by atoms with van der Waals surface area (Å²) in [6.07, 6.45) is 3.96. The van der Waals surface area contributed by atoms with E-state index in [1.807, 2.05) is 19.1 Å². The highest BCUT2D eigenvalue weighted by Gasteiger charge is 2.08. The molecule has 1 aromatic heterocycles. The lowest BCUT2D eigenvalue weighted by molar-refractivity contribution is -0.112. The van der Waals surface area contributed by atoms with Crippen molar-refractivity contribution in [2.45, 2.75) is 13.8 Å². The molecule has 0 aliphatic heterocycles. The van der Waals surface area contributed by atoms with E-state index in [4.69, 9.17) is 4.74 Å². The highest BCUT2D eigenvalue weighted by molar-refractivity contribution is 5.91. The zero-order valence-electron chi connectivity index (χ0n) is 11.2. The van der Waals surface area contributed by atoms with Gasteiger partial charge in [-0.15, -0.1) is 0 Å². The average molecular weight is 270 g/mol. The molecule has 0 atom stereocenters. The molecule has 0 saturated heterocycles. The van der Waals surface area contributed by atoms with Gasteiger partial charge in [0.2, 0.25) is 5.88 Å². The second-order valence-corrected chi connectivity index (χ2v) is 4.31. The molecule has 0 amide bonds. The van der Waals surface area contributed by atoms with E-state index in [0.717, 1.165) is 5.56 Å². The Morgan fingerprint density at radius 3 is 2.65 bits per heavy atom. The molecule has 0 unspecified atom stereocenters. The predicted octanol–water partition coefficient (Wildman–Crippen LogP) is 2.47. The summed E-state index contributed by atoms with van der Waals surface area (Å²) >= 11 is 0. The number of hydrogen-bond acceptors (Lipinski definition) is 4. The number of aromatic nitrogens is 2. The molecule has 102 valence electrons.